The third kappa shape index (κ3) is 4.69. The molecule has 1 aliphatic heterocycles. The summed E-state index contributed by atoms with van der Waals surface area (Å²) >= 11 is 5.95. The van der Waals surface area contributed by atoms with Crippen LogP contribution in [-0.4, -0.2) is 37.2 Å². The number of hydrogen-bond donors (Lipinski definition) is 2. The topological polar surface area (TPSA) is 50.4 Å². The van der Waals surface area contributed by atoms with Crippen molar-refractivity contribution in [3.63, 3.8) is 0 Å². The first kappa shape index (κ1) is 16.7. The van der Waals surface area contributed by atoms with E-state index in [0.717, 1.165) is 30.0 Å². The van der Waals surface area contributed by atoms with Gasteiger partial charge in [-0.15, -0.1) is 0 Å². The fraction of sp³-hybridized carbons (Fsp3) is 0.611. The smallest absolute Gasteiger partial charge is 0.233 e. The zero-order chi connectivity index (χ0) is 16.1. The van der Waals surface area contributed by atoms with Crippen molar-refractivity contribution in [2.24, 2.45) is 0 Å². The molecule has 5 heteroatoms. The van der Waals surface area contributed by atoms with Crippen LogP contribution in [-0.2, 0) is 16.0 Å². The molecule has 0 aromatic heterocycles. The number of hydrogen-bond acceptors (Lipinski definition) is 3. The van der Waals surface area contributed by atoms with Crippen LogP contribution in [0.3, 0.4) is 0 Å². The van der Waals surface area contributed by atoms with Gasteiger partial charge in [0.25, 0.3) is 0 Å². The molecular weight excluding hydrogens is 312 g/mol. The molecule has 2 fully saturated rings. The second-order valence-electron chi connectivity index (χ2n) is 6.71. The molecule has 2 N–H and O–H groups in total. The van der Waals surface area contributed by atoms with E-state index in [4.69, 9.17) is 16.3 Å². The number of ether oxygens (including phenoxy) is 1. The molecule has 1 aromatic carbocycles. The zero-order valence-corrected chi connectivity index (χ0v) is 14.2. The number of halogens is 1. The Balaban J connectivity index is 1.32. The molecule has 23 heavy (non-hydrogen) atoms. The lowest BCUT2D eigenvalue weighted by Gasteiger charge is -2.21. The first-order chi connectivity index (χ1) is 11.2. The van der Waals surface area contributed by atoms with E-state index in [-0.39, 0.29) is 11.5 Å². The second kappa shape index (κ2) is 7.65. The Morgan fingerprint density at radius 1 is 1.35 bits per heavy atom. The van der Waals surface area contributed by atoms with Crippen molar-refractivity contribution >= 4 is 17.5 Å². The molecule has 1 aromatic rings. The molecule has 1 heterocycles. The Hall–Kier alpha value is -1.10. The van der Waals surface area contributed by atoms with Gasteiger partial charge in [0.1, 0.15) is 0 Å². The molecule has 1 spiro atoms. The van der Waals surface area contributed by atoms with Gasteiger partial charge in [-0.05, 0) is 43.4 Å². The van der Waals surface area contributed by atoms with Gasteiger partial charge in [-0.1, -0.05) is 36.6 Å². The van der Waals surface area contributed by atoms with Crippen molar-refractivity contribution in [3.05, 3.63) is 34.9 Å². The first-order valence-electron chi connectivity index (χ1n) is 8.54. The SMILES string of the molecule is O=C(CN[C@H]1COC2(CCCC2)C1)NCCc1cccc(Cl)c1. The predicted octanol–water partition coefficient (Wildman–Crippen LogP) is 2.69. The largest absolute Gasteiger partial charge is 0.373 e. The van der Waals surface area contributed by atoms with Crippen molar-refractivity contribution in [2.75, 3.05) is 19.7 Å². The molecule has 2 aliphatic rings. The summed E-state index contributed by atoms with van der Waals surface area (Å²) in [5.74, 6) is 0.0411. The highest BCUT2D eigenvalue weighted by Gasteiger charge is 2.42. The quantitative estimate of drug-likeness (QED) is 0.839. The van der Waals surface area contributed by atoms with Crippen molar-refractivity contribution in [3.8, 4) is 0 Å². The van der Waals surface area contributed by atoms with Crippen molar-refractivity contribution < 1.29 is 9.53 Å². The third-order valence-electron chi connectivity index (χ3n) is 4.90. The van der Waals surface area contributed by atoms with Crippen LogP contribution in [0.4, 0.5) is 0 Å². The van der Waals surface area contributed by atoms with E-state index in [2.05, 4.69) is 10.6 Å². The van der Waals surface area contributed by atoms with Gasteiger partial charge in [0.15, 0.2) is 0 Å². The molecule has 1 atom stereocenters. The van der Waals surface area contributed by atoms with Crippen LogP contribution >= 0.6 is 11.6 Å². The summed E-state index contributed by atoms with van der Waals surface area (Å²) in [5.41, 5.74) is 1.25. The van der Waals surface area contributed by atoms with E-state index in [1.807, 2.05) is 24.3 Å². The maximum atomic E-state index is 11.9. The number of carbonyl (C=O) groups is 1. The molecule has 1 saturated heterocycles. The molecule has 0 bridgehead atoms. The lowest BCUT2D eigenvalue weighted by molar-refractivity contribution is -0.120. The summed E-state index contributed by atoms with van der Waals surface area (Å²) in [4.78, 5) is 11.9. The molecule has 1 saturated carbocycles. The van der Waals surface area contributed by atoms with Crippen LogP contribution in [0.15, 0.2) is 24.3 Å². The Morgan fingerprint density at radius 2 is 2.17 bits per heavy atom. The highest BCUT2D eigenvalue weighted by molar-refractivity contribution is 6.30. The minimum Gasteiger partial charge on any atom is -0.373 e. The average Bonchev–Trinajstić information content (AvgIpc) is 3.16. The van der Waals surface area contributed by atoms with Crippen LogP contribution in [0.5, 0.6) is 0 Å². The monoisotopic (exact) mass is 336 g/mol. The summed E-state index contributed by atoms with van der Waals surface area (Å²) in [6.07, 6.45) is 6.74. The molecular formula is C18H25ClN2O2. The lowest BCUT2D eigenvalue weighted by Crippen LogP contribution is -2.40. The van der Waals surface area contributed by atoms with E-state index >= 15 is 0 Å². The minimum absolute atomic E-state index is 0.0411. The van der Waals surface area contributed by atoms with Crippen LogP contribution < -0.4 is 10.6 Å². The lowest BCUT2D eigenvalue weighted by atomic mass is 9.96. The molecule has 4 nitrogen and oxygen atoms in total. The van der Waals surface area contributed by atoms with E-state index in [1.54, 1.807) is 0 Å². The van der Waals surface area contributed by atoms with E-state index in [9.17, 15) is 4.79 Å². The van der Waals surface area contributed by atoms with Gasteiger partial charge < -0.3 is 15.4 Å². The number of carbonyl (C=O) groups excluding carboxylic acids is 1. The van der Waals surface area contributed by atoms with Crippen LogP contribution in [0.25, 0.3) is 0 Å². The van der Waals surface area contributed by atoms with E-state index < -0.39 is 0 Å². The summed E-state index contributed by atoms with van der Waals surface area (Å²) < 4.78 is 5.99. The normalized spacial score (nSPS) is 22.6. The van der Waals surface area contributed by atoms with Crippen molar-refractivity contribution in [1.29, 1.82) is 0 Å². The molecule has 126 valence electrons. The number of amides is 1. The summed E-state index contributed by atoms with van der Waals surface area (Å²) in [5, 5.41) is 7.02. The van der Waals surface area contributed by atoms with Crippen LogP contribution in [0, 0.1) is 0 Å². The van der Waals surface area contributed by atoms with Gasteiger partial charge in [-0.2, -0.15) is 0 Å². The van der Waals surface area contributed by atoms with Crippen LogP contribution in [0.2, 0.25) is 5.02 Å². The van der Waals surface area contributed by atoms with Crippen molar-refractivity contribution in [1.82, 2.24) is 10.6 Å². The Labute approximate surface area is 142 Å². The fourth-order valence-electron chi connectivity index (χ4n) is 3.68. The maximum absolute atomic E-state index is 11.9. The van der Waals surface area contributed by atoms with Gasteiger partial charge in [-0.25, -0.2) is 0 Å². The van der Waals surface area contributed by atoms with Gasteiger partial charge in [0, 0.05) is 17.6 Å². The van der Waals surface area contributed by atoms with E-state index in [0.29, 0.717) is 19.1 Å². The van der Waals surface area contributed by atoms with Gasteiger partial charge in [-0.3, -0.25) is 4.79 Å². The Bertz CT molecular complexity index is 544. The molecule has 1 aliphatic carbocycles. The summed E-state index contributed by atoms with van der Waals surface area (Å²) in [6, 6.07) is 8.05. The highest BCUT2D eigenvalue weighted by Crippen LogP contribution is 2.40. The second-order valence-corrected chi connectivity index (χ2v) is 7.15. The third-order valence-corrected chi connectivity index (χ3v) is 5.14. The molecule has 0 radical (unpaired) electrons. The predicted molar refractivity (Wildman–Crippen MR) is 91.7 cm³/mol. The Kier molecular flexibility index (Phi) is 5.57. The minimum atomic E-state index is 0.0411. The first-order valence-corrected chi connectivity index (χ1v) is 8.92. The summed E-state index contributed by atoms with van der Waals surface area (Å²) in [7, 11) is 0. The van der Waals surface area contributed by atoms with Gasteiger partial charge in [0.05, 0.1) is 18.8 Å². The number of rotatable bonds is 6. The zero-order valence-electron chi connectivity index (χ0n) is 13.4. The summed E-state index contributed by atoms with van der Waals surface area (Å²) in [6.45, 7) is 1.72. The van der Waals surface area contributed by atoms with E-state index in [1.165, 1.54) is 25.7 Å². The number of nitrogens with one attached hydrogen (secondary N) is 2. The molecule has 1 amide bonds. The number of benzene rings is 1. The maximum Gasteiger partial charge on any atom is 0.233 e. The average molecular weight is 337 g/mol. The van der Waals surface area contributed by atoms with Gasteiger partial charge >= 0.3 is 0 Å². The standard InChI is InChI=1S/C18H25ClN2O2/c19-15-5-3-4-14(10-15)6-9-20-17(22)12-21-16-11-18(23-13-16)7-1-2-8-18/h3-5,10,16,21H,1-2,6-9,11-13H2,(H,20,22)/t16-/m1/s1. The molecule has 3 rings (SSSR count). The fourth-order valence-corrected chi connectivity index (χ4v) is 3.89. The van der Waals surface area contributed by atoms with Gasteiger partial charge in [0.2, 0.25) is 5.91 Å². The molecule has 0 unspecified atom stereocenters. The highest BCUT2D eigenvalue weighted by atomic mass is 35.5. The Morgan fingerprint density at radius 3 is 2.96 bits per heavy atom. The van der Waals surface area contributed by atoms with Crippen LogP contribution in [0.1, 0.15) is 37.7 Å². The van der Waals surface area contributed by atoms with Crippen molar-refractivity contribution in [2.45, 2.75) is 50.2 Å².